The Balaban J connectivity index is 2.57. The molecule has 4 nitrogen and oxygen atoms in total. The van der Waals surface area contributed by atoms with Gasteiger partial charge in [0.05, 0.1) is 0 Å². The van der Waals surface area contributed by atoms with Crippen molar-refractivity contribution in [3.63, 3.8) is 0 Å². The first-order chi connectivity index (χ1) is 7.38. The maximum absolute atomic E-state index is 8.84. The van der Waals surface area contributed by atoms with Crippen molar-refractivity contribution < 1.29 is 10.4 Å². The number of hydrogen-bond donors (Lipinski definition) is 2. The molecule has 4 heteroatoms. The molecule has 1 aliphatic carbocycles. The molecule has 0 atom stereocenters. The summed E-state index contributed by atoms with van der Waals surface area (Å²) < 4.78 is 0. The first-order valence-electron chi connectivity index (χ1n) is 5.80. The van der Waals surface area contributed by atoms with Crippen LogP contribution in [0.2, 0.25) is 0 Å². The molecule has 0 saturated heterocycles. The molecule has 1 rings (SSSR count). The topological polar surface area (TPSA) is 65.2 Å². The SMILES string of the molecule is O/N=C1\CCCCCCCCC\C1=N/O. The molecule has 0 spiro atoms. The van der Waals surface area contributed by atoms with Crippen LogP contribution in [-0.2, 0) is 0 Å². The predicted octanol–water partition coefficient (Wildman–Crippen LogP) is 3.17. The molecule has 86 valence electrons. The van der Waals surface area contributed by atoms with Crippen molar-refractivity contribution in [3.8, 4) is 0 Å². The Morgan fingerprint density at radius 3 is 1.27 bits per heavy atom. The van der Waals surface area contributed by atoms with Crippen LogP contribution in [0.3, 0.4) is 0 Å². The fourth-order valence-corrected chi connectivity index (χ4v) is 1.97. The minimum atomic E-state index is 0.555. The Hall–Kier alpha value is -1.06. The quantitative estimate of drug-likeness (QED) is 0.478. The summed E-state index contributed by atoms with van der Waals surface area (Å²) in [4.78, 5) is 0. The summed E-state index contributed by atoms with van der Waals surface area (Å²) in [5, 5.41) is 24.1. The molecule has 1 fully saturated rings. The van der Waals surface area contributed by atoms with Crippen LogP contribution in [0, 0.1) is 0 Å². The van der Waals surface area contributed by atoms with Crippen LogP contribution in [-0.4, -0.2) is 21.8 Å². The highest BCUT2D eigenvalue weighted by Gasteiger charge is 2.11. The molecule has 0 radical (unpaired) electrons. The number of hydrogen-bond acceptors (Lipinski definition) is 4. The molecule has 0 heterocycles. The summed E-state index contributed by atoms with van der Waals surface area (Å²) >= 11 is 0. The van der Waals surface area contributed by atoms with Crippen molar-refractivity contribution in [1.82, 2.24) is 0 Å². The van der Waals surface area contributed by atoms with Gasteiger partial charge in [-0.25, -0.2) is 0 Å². The average molecular weight is 212 g/mol. The summed E-state index contributed by atoms with van der Waals surface area (Å²) in [6.07, 6.45) is 9.59. The summed E-state index contributed by atoms with van der Waals surface area (Å²) in [6, 6.07) is 0. The fourth-order valence-electron chi connectivity index (χ4n) is 1.97. The van der Waals surface area contributed by atoms with Gasteiger partial charge in [-0.2, -0.15) is 0 Å². The second kappa shape index (κ2) is 7.26. The first-order valence-corrected chi connectivity index (χ1v) is 5.80. The van der Waals surface area contributed by atoms with E-state index in [0.717, 1.165) is 38.5 Å². The minimum absolute atomic E-state index is 0.555. The summed E-state index contributed by atoms with van der Waals surface area (Å²) in [7, 11) is 0. The molecule has 0 aromatic heterocycles. The highest BCUT2D eigenvalue weighted by atomic mass is 16.4. The lowest BCUT2D eigenvalue weighted by Crippen LogP contribution is -2.14. The first kappa shape index (κ1) is 12.0. The molecule has 0 amide bonds. The lowest BCUT2D eigenvalue weighted by molar-refractivity contribution is 0.312. The van der Waals surface area contributed by atoms with E-state index in [2.05, 4.69) is 10.3 Å². The van der Waals surface area contributed by atoms with Gasteiger partial charge < -0.3 is 10.4 Å². The molecule has 0 bridgehead atoms. The van der Waals surface area contributed by atoms with Gasteiger partial charge in [-0.05, 0) is 25.7 Å². The fraction of sp³-hybridized carbons (Fsp3) is 0.818. The lowest BCUT2D eigenvalue weighted by atomic mass is 10.0. The van der Waals surface area contributed by atoms with Crippen LogP contribution >= 0.6 is 0 Å². The zero-order chi connectivity index (χ0) is 10.9. The molecular formula is C11H20N2O2. The smallest absolute Gasteiger partial charge is 0.104 e. The van der Waals surface area contributed by atoms with E-state index < -0.39 is 0 Å². The third-order valence-corrected chi connectivity index (χ3v) is 2.90. The van der Waals surface area contributed by atoms with Gasteiger partial charge in [-0.15, -0.1) is 0 Å². The highest BCUT2D eigenvalue weighted by molar-refractivity contribution is 6.42. The van der Waals surface area contributed by atoms with Gasteiger partial charge >= 0.3 is 0 Å². The van der Waals surface area contributed by atoms with Crippen molar-refractivity contribution in [2.24, 2.45) is 10.3 Å². The zero-order valence-corrected chi connectivity index (χ0v) is 9.15. The molecule has 0 aromatic carbocycles. The van der Waals surface area contributed by atoms with Gasteiger partial charge in [0, 0.05) is 0 Å². The predicted molar refractivity (Wildman–Crippen MR) is 60.0 cm³/mol. The normalized spacial score (nSPS) is 26.4. The average Bonchev–Trinajstić information content (AvgIpc) is 2.32. The molecule has 2 N–H and O–H groups in total. The van der Waals surface area contributed by atoms with Gasteiger partial charge in [-0.1, -0.05) is 42.4 Å². The van der Waals surface area contributed by atoms with E-state index in [4.69, 9.17) is 10.4 Å². The van der Waals surface area contributed by atoms with E-state index >= 15 is 0 Å². The zero-order valence-electron chi connectivity index (χ0n) is 9.15. The Labute approximate surface area is 90.7 Å². The van der Waals surface area contributed by atoms with Crippen LogP contribution in [0.1, 0.15) is 57.8 Å². The van der Waals surface area contributed by atoms with Crippen LogP contribution in [0.5, 0.6) is 0 Å². The minimum Gasteiger partial charge on any atom is -0.411 e. The second-order valence-electron chi connectivity index (χ2n) is 4.07. The van der Waals surface area contributed by atoms with E-state index in [1.807, 2.05) is 0 Å². The standard InChI is InChI=1S/C11H20N2O2/c14-12-10-8-6-4-2-1-3-5-7-9-11(10)13-15/h14-15H,1-9H2/b12-10+,13-11+. The van der Waals surface area contributed by atoms with Crippen molar-refractivity contribution in [2.75, 3.05) is 0 Å². The maximum atomic E-state index is 8.84. The monoisotopic (exact) mass is 212 g/mol. The van der Waals surface area contributed by atoms with Crippen molar-refractivity contribution >= 4 is 11.4 Å². The van der Waals surface area contributed by atoms with Crippen LogP contribution < -0.4 is 0 Å². The Kier molecular flexibility index (Phi) is 5.81. The van der Waals surface area contributed by atoms with Gasteiger partial charge in [-0.3, -0.25) is 0 Å². The Bertz CT molecular complexity index is 213. The van der Waals surface area contributed by atoms with Crippen molar-refractivity contribution in [2.45, 2.75) is 57.8 Å². The maximum Gasteiger partial charge on any atom is 0.104 e. The van der Waals surface area contributed by atoms with Gasteiger partial charge in [0.2, 0.25) is 0 Å². The highest BCUT2D eigenvalue weighted by Crippen LogP contribution is 2.14. The van der Waals surface area contributed by atoms with E-state index in [1.54, 1.807) is 0 Å². The molecule has 0 aliphatic heterocycles. The summed E-state index contributed by atoms with van der Waals surface area (Å²) in [6.45, 7) is 0. The van der Waals surface area contributed by atoms with Gasteiger partial charge in [0.25, 0.3) is 0 Å². The van der Waals surface area contributed by atoms with E-state index in [0.29, 0.717) is 11.4 Å². The van der Waals surface area contributed by atoms with E-state index in [9.17, 15) is 0 Å². The van der Waals surface area contributed by atoms with Crippen molar-refractivity contribution in [1.29, 1.82) is 0 Å². The molecule has 1 aliphatic rings. The molecule has 0 unspecified atom stereocenters. The molecule has 15 heavy (non-hydrogen) atoms. The Morgan fingerprint density at radius 2 is 0.933 bits per heavy atom. The summed E-state index contributed by atoms with van der Waals surface area (Å²) in [5.74, 6) is 0. The molecule has 1 saturated carbocycles. The van der Waals surface area contributed by atoms with Gasteiger partial charge in [0.15, 0.2) is 0 Å². The lowest BCUT2D eigenvalue weighted by Gasteiger charge is -2.04. The number of oxime groups is 2. The largest absolute Gasteiger partial charge is 0.411 e. The third kappa shape index (κ3) is 4.32. The van der Waals surface area contributed by atoms with Crippen LogP contribution in [0.25, 0.3) is 0 Å². The third-order valence-electron chi connectivity index (χ3n) is 2.90. The Morgan fingerprint density at radius 1 is 0.600 bits per heavy atom. The van der Waals surface area contributed by atoms with Crippen LogP contribution in [0.15, 0.2) is 10.3 Å². The summed E-state index contributed by atoms with van der Waals surface area (Å²) in [5.41, 5.74) is 1.11. The van der Waals surface area contributed by atoms with E-state index in [1.165, 1.54) is 19.3 Å². The molecule has 0 aromatic rings. The van der Waals surface area contributed by atoms with E-state index in [-0.39, 0.29) is 0 Å². The van der Waals surface area contributed by atoms with Crippen LogP contribution in [0.4, 0.5) is 0 Å². The van der Waals surface area contributed by atoms with Crippen molar-refractivity contribution in [3.05, 3.63) is 0 Å². The van der Waals surface area contributed by atoms with Gasteiger partial charge in [0.1, 0.15) is 11.4 Å². The molecular weight excluding hydrogens is 192 g/mol. The number of rotatable bonds is 0. The second-order valence-corrected chi connectivity index (χ2v) is 4.07. The number of nitrogens with zero attached hydrogens (tertiary/aromatic N) is 2.